The molecule has 0 atom stereocenters. The summed E-state index contributed by atoms with van der Waals surface area (Å²) in [6.07, 6.45) is 10.7. The number of nitrogens with zero attached hydrogens (tertiary/aromatic N) is 4. The predicted octanol–water partition coefficient (Wildman–Crippen LogP) is 2.53. The molecule has 0 radical (unpaired) electrons. The highest BCUT2D eigenvalue weighted by molar-refractivity contribution is 6.18. The minimum absolute atomic E-state index is 0.125. The molecule has 0 aromatic heterocycles. The molecule has 0 aliphatic carbocycles. The number of para-hydroxylation sites is 4. The molecule has 0 unspecified atom stereocenters. The van der Waals surface area contributed by atoms with E-state index in [1.54, 1.807) is 28.2 Å². The van der Waals surface area contributed by atoms with E-state index in [0.29, 0.717) is 0 Å². The summed E-state index contributed by atoms with van der Waals surface area (Å²) in [7, 11) is 6.66. The molecule has 0 saturated heterocycles. The van der Waals surface area contributed by atoms with E-state index in [1.807, 2.05) is 48.5 Å². The smallest absolute Gasteiger partial charge is 0.240 e. The first kappa shape index (κ1) is 26.1. The van der Waals surface area contributed by atoms with Crippen molar-refractivity contribution in [3.05, 3.63) is 48.5 Å². The third-order valence-electron chi connectivity index (χ3n) is 6.37. The van der Waals surface area contributed by atoms with Crippen molar-refractivity contribution in [2.75, 3.05) is 47.8 Å². The fourth-order valence-electron chi connectivity index (χ4n) is 4.27. The van der Waals surface area contributed by atoms with Gasteiger partial charge in [0, 0.05) is 41.0 Å². The van der Waals surface area contributed by atoms with Crippen LogP contribution < -0.4 is 19.6 Å². The highest BCUT2D eigenvalue weighted by atomic mass is 16.2. The summed E-state index contributed by atoms with van der Waals surface area (Å²) in [6, 6.07) is 14.6. The zero-order valence-corrected chi connectivity index (χ0v) is 20.8. The molecule has 0 N–H and O–H groups in total. The van der Waals surface area contributed by atoms with E-state index in [1.165, 1.54) is 19.6 Å². The average molecular weight is 485 g/mol. The monoisotopic (exact) mass is 484 g/mol. The van der Waals surface area contributed by atoms with Gasteiger partial charge in [-0.1, -0.05) is 24.3 Å². The van der Waals surface area contributed by atoms with Gasteiger partial charge >= 0.3 is 0 Å². The maximum absolute atomic E-state index is 12.2. The van der Waals surface area contributed by atoms with Gasteiger partial charge < -0.3 is 19.6 Å². The third kappa shape index (κ3) is 4.67. The maximum atomic E-state index is 12.2. The molecule has 0 saturated carbocycles. The van der Waals surface area contributed by atoms with Crippen molar-refractivity contribution in [1.82, 2.24) is 0 Å². The van der Waals surface area contributed by atoms with Gasteiger partial charge in [0.25, 0.3) is 0 Å². The van der Waals surface area contributed by atoms with Crippen LogP contribution in [0.4, 0.5) is 22.7 Å². The number of hydrogen-bond donors (Lipinski definition) is 0. The molecule has 4 amide bonds. The lowest BCUT2D eigenvalue weighted by atomic mass is 10.0. The summed E-state index contributed by atoms with van der Waals surface area (Å²) < 4.78 is 0. The third-order valence-corrected chi connectivity index (χ3v) is 6.37. The first-order valence-corrected chi connectivity index (χ1v) is 11.3. The van der Waals surface area contributed by atoms with E-state index in [2.05, 4.69) is 11.8 Å². The Morgan fingerprint density at radius 1 is 0.556 bits per heavy atom. The molecule has 0 spiro atoms. The lowest BCUT2D eigenvalue weighted by Gasteiger charge is -2.19. The van der Waals surface area contributed by atoms with Crippen molar-refractivity contribution >= 4 is 46.4 Å². The van der Waals surface area contributed by atoms with E-state index in [0.717, 1.165) is 22.7 Å². The average Bonchev–Trinajstić information content (AvgIpc) is 3.01. The highest BCUT2D eigenvalue weighted by Gasteiger charge is 2.37. The molecule has 2 aromatic rings. The van der Waals surface area contributed by atoms with Gasteiger partial charge in [0.05, 0.1) is 22.7 Å². The van der Waals surface area contributed by atoms with Crippen molar-refractivity contribution in [3.63, 3.8) is 0 Å². The van der Waals surface area contributed by atoms with Gasteiger partial charge in [-0.3, -0.25) is 19.2 Å². The van der Waals surface area contributed by atoms with Crippen molar-refractivity contribution in [2.45, 2.75) is 12.8 Å². The molecule has 184 valence electrons. The molecule has 0 fully saturated rings. The van der Waals surface area contributed by atoms with Crippen molar-refractivity contribution in [3.8, 4) is 24.7 Å². The molecular weight excluding hydrogens is 456 g/mol. The second kappa shape index (κ2) is 10.8. The van der Waals surface area contributed by atoms with Gasteiger partial charge in [-0.25, -0.2) is 0 Å². The van der Waals surface area contributed by atoms with Crippen molar-refractivity contribution in [1.29, 1.82) is 0 Å². The summed E-state index contributed by atoms with van der Waals surface area (Å²) in [6.45, 7) is 0. The summed E-state index contributed by atoms with van der Waals surface area (Å²) in [5.74, 6) is 2.19. The molecule has 8 nitrogen and oxygen atoms in total. The number of terminal acetylenes is 2. The van der Waals surface area contributed by atoms with Crippen LogP contribution in [0.3, 0.4) is 0 Å². The molecule has 4 rings (SSSR count). The first-order chi connectivity index (χ1) is 17.1. The topological polar surface area (TPSA) is 81.2 Å². The van der Waals surface area contributed by atoms with Gasteiger partial charge in [-0.15, -0.1) is 24.7 Å². The van der Waals surface area contributed by atoms with E-state index in [9.17, 15) is 19.2 Å². The van der Waals surface area contributed by atoms with Crippen LogP contribution in [-0.4, -0.2) is 51.8 Å². The Morgan fingerprint density at radius 3 is 0.972 bits per heavy atom. The van der Waals surface area contributed by atoms with E-state index >= 15 is 0 Å². The number of anilines is 4. The fraction of sp³-hybridized carbons (Fsp3) is 0.286. The predicted molar refractivity (Wildman–Crippen MR) is 140 cm³/mol. The Hall–Kier alpha value is -4.56. The molecule has 36 heavy (non-hydrogen) atoms. The zero-order valence-electron chi connectivity index (χ0n) is 20.8. The quantitative estimate of drug-likeness (QED) is 0.485. The van der Waals surface area contributed by atoms with Gasteiger partial charge in [0.15, 0.2) is 0 Å². The lowest BCUT2D eigenvalue weighted by Crippen LogP contribution is -2.39. The maximum Gasteiger partial charge on any atom is 0.240 e. The summed E-state index contributed by atoms with van der Waals surface area (Å²) in [5.41, 5.74) is 2.88. The van der Waals surface area contributed by atoms with E-state index in [4.69, 9.17) is 12.8 Å². The molecule has 2 aromatic carbocycles. The zero-order chi connectivity index (χ0) is 26.6. The Morgan fingerprint density at radius 2 is 0.778 bits per heavy atom. The van der Waals surface area contributed by atoms with Gasteiger partial charge in [-0.05, 0) is 24.3 Å². The van der Waals surface area contributed by atoms with Crippen LogP contribution in [0.25, 0.3) is 0 Å². The standard InChI is InChI=1S/2C14H14N2O2/c2*1-4-7-10-13(17)15(2)11-8-5-6-9-12(11)16(3)14(10)18/h2*1,5-6,8-10H,7H2,2-3H3. The van der Waals surface area contributed by atoms with Gasteiger partial charge in [0.2, 0.25) is 23.6 Å². The molecule has 2 aliphatic rings. The number of benzene rings is 2. The summed E-state index contributed by atoms with van der Waals surface area (Å²) >= 11 is 0. The van der Waals surface area contributed by atoms with Crippen molar-refractivity contribution in [2.24, 2.45) is 11.8 Å². The molecule has 2 heterocycles. The van der Waals surface area contributed by atoms with Crippen LogP contribution >= 0.6 is 0 Å². The Bertz CT molecular complexity index is 1110. The fourth-order valence-corrected chi connectivity index (χ4v) is 4.27. The minimum Gasteiger partial charge on any atom is -0.313 e. The van der Waals surface area contributed by atoms with E-state index in [-0.39, 0.29) is 36.5 Å². The number of amides is 4. The number of rotatable bonds is 2. The number of fused-ring (bicyclic) bond motifs is 2. The molecule has 2 aliphatic heterocycles. The normalized spacial score (nSPS) is 16.3. The van der Waals surface area contributed by atoms with Crippen LogP contribution in [0.1, 0.15) is 12.8 Å². The van der Waals surface area contributed by atoms with Crippen LogP contribution in [0.15, 0.2) is 48.5 Å². The van der Waals surface area contributed by atoms with Gasteiger partial charge in [-0.2, -0.15) is 0 Å². The lowest BCUT2D eigenvalue weighted by molar-refractivity contribution is -0.132. The largest absolute Gasteiger partial charge is 0.313 e. The minimum atomic E-state index is -0.794. The van der Waals surface area contributed by atoms with E-state index < -0.39 is 11.8 Å². The highest BCUT2D eigenvalue weighted by Crippen LogP contribution is 2.34. The first-order valence-electron chi connectivity index (χ1n) is 11.3. The molecular formula is C28H28N4O4. The number of carbonyl (C=O) groups excluding carboxylic acids is 4. The van der Waals surface area contributed by atoms with Gasteiger partial charge in [0.1, 0.15) is 11.8 Å². The molecule has 8 heteroatoms. The van der Waals surface area contributed by atoms with Crippen molar-refractivity contribution < 1.29 is 19.2 Å². The second-order valence-corrected chi connectivity index (χ2v) is 8.49. The number of carbonyl (C=O) groups is 4. The number of hydrogen-bond acceptors (Lipinski definition) is 4. The van der Waals surface area contributed by atoms with Crippen LogP contribution in [-0.2, 0) is 19.2 Å². The summed E-state index contributed by atoms with van der Waals surface area (Å²) in [5, 5.41) is 0. The Balaban J connectivity index is 0.000000201. The second-order valence-electron chi connectivity index (χ2n) is 8.49. The molecule has 0 bridgehead atoms. The Kier molecular flexibility index (Phi) is 7.81. The Labute approximate surface area is 211 Å². The summed E-state index contributed by atoms with van der Waals surface area (Å²) in [4.78, 5) is 54.9. The van der Waals surface area contributed by atoms with Crippen LogP contribution in [0.2, 0.25) is 0 Å². The van der Waals surface area contributed by atoms with Crippen LogP contribution in [0, 0.1) is 36.5 Å². The van der Waals surface area contributed by atoms with Crippen LogP contribution in [0.5, 0.6) is 0 Å². The SMILES string of the molecule is C#CCC1C(=O)N(C)c2ccccc2N(C)C1=O.C#CCC1C(=O)N(C)c2ccccc2N(C)C1=O.